The molecule has 1 aliphatic heterocycles. The SMILES string of the molecule is O=C(O)CC1COC(Cc2ccccc2F)=N1. The van der Waals surface area contributed by atoms with Crippen LogP contribution in [0.5, 0.6) is 0 Å². The van der Waals surface area contributed by atoms with Gasteiger partial charge in [0.25, 0.3) is 0 Å². The molecule has 0 aromatic heterocycles. The van der Waals surface area contributed by atoms with Gasteiger partial charge >= 0.3 is 5.97 Å². The summed E-state index contributed by atoms with van der Waals surface area (Å²) in [7, 11) is 0. The molecule has 1 atom stereocenters. The Morgan fingerprint density at radius 1 is 1.53 bits per heavy atom. The second-order valence-electron chi connectivity index (χ2n) is 3.85. The molecule has 1 aliphatic rings. The Morgan fingerprint density at radius 3 is 3.00 bits per heavy atom. The van der Waals surface area contributed by atoms with Crippen LogP contribution in [0.1, 0.15) is 12.0 Å². The van der Waals surface area contributed by atoms with Crippen LogP contribution in [-0.2, 0) is 16.0 Å². The Kier molecular flexibility index (Phi) is 3.37. The summed E-state index contributed by atoms with van der Waals surface area (Å²) >= 11 is 0. The van der Waals surface area contributed by atoms with Gasteiger partial charge in [0.2, 0.25) is 0 Å². The molecule has 0 saturated heterocycles. The van der Waals surface area contributed by atoms with Crippen LogP contribution in [0.25, 0.3) is 0 Å². The van der Waals surface area contributed by atoms with E-state index in [0.717, 1.165) is 0 Å². The van der Waals surface area contributed by atoms with E-state index in [2.05, 4.69) is 4.99 Å². The van der Waals surface area contributed by atoms with Crippen molar-refractivity contribution >= 4 is 11.9 Å². The normalized spacial score (nSPS) is 18.6. The number of aliphatic carboxylic acids is 1. The molecule has 1 heterocycles. The Morgan fingerprint density at radius 2 is 2.29 bits per heavy atom. The Hall–Kier alpha value is -1.91. The van der Waals surface area contributed by atoms with Crippen molar-refractivity contribution < 1.29 is 19.0 Å². The van der Waals surface area contributed by atoms with Crippen molar-refractivity contribution in [3.8, 4) is 0 Å². The Labute approximate surface area is 97.7 Å². The van der Waals surface area contributed by atoms with Crippen molar-refractivity contribution in [2.24, 2.45) is 4.99 Å². The van der Waals surface area contributed by atoms with Crippen LogP contribution in [0.15, 0.2) is 29.3 Å². The van der Waals surface area contributed by atoms with Crippen LogP contribution in [0.3, 0.4) is 0 Å². The average molecular weight is 237 g/mol. The summed E-state index contributed by atoms with van der Waals surface area (Å²) in [6.45, 7) is 0.260. The lowest BCUT2D eigenvalue weighted by atomic mass is 10.1. The van der Waals surface area contributed by atoms with Gasteiger partial charge in [-0.2, -0.15) is 0 Å². The number of aliphatic imine (C=N–C) groups is 1. The van der Waals surface area contributed by atoms with Crippen molar-refractivity contribution in [1.29, 1.82) is 0 Å². The number of carboxylic acid groups (broad SMARTS) is 1. The van der Waals surface area contributed by atoms with E-state index in [1.165, 1.54) is 6.07 Å². The lowest BCUT2D eigenvalue weighted by Crippen LogP contribution is -2.12. The topological polar surface area (TPSA) is 58.9 Å². The molecule has 0 fully saturated rings. The number of hydrogen-bond donors (Lipinski definition) is 1. The van der Waals surface area contributed by atoms with Gasteiger partial charge in [-0.1, -0.05) is 18.2 Å². The molecule has 0 saturated carbocycles. The minimum Gasteiger partial charge on any atom is -0.481 e. The summed E-state index contributed by atoms with van der Waals surface area (Å²) in [4.78, 5) is 14.6. The molecule has 1 aromatic carbocycles. The smallest absolute Gasteiger partial charge is 0.305 e. The van der Waals surface area contributed by atoms with E-state index >= 15 is 0 Å². The predicted molar refractivity (Wildman–Crippen MR) is 59.5 cm³/mol. The van der Waals surface area contributed by atoms with Gasteiger partial charge in [-0.05, 0) is 11.6 Å². The summed E-state index contributed by atoms with van der Waals surface area (Å²) in [5.74, 6) is -0.809. The maximum Gasteiger partial charge on any atom is 0.305 e. The molecular weight excluding hydrogens is 225 g/mol. The minimum atomic E-state index is -0.908. The van der Waals surface area contributed by atoms with Gasteiger partial charge in [0.15, 0.2) is 5.90 Å². The van der Waals surface area contributed by atoms with Crippen molar-refractivity contribution in [2.75, 3.05) is 6.61 Å². The number of ether oxygens (including phenoxy) is 1. The third kappa shape index (κ3) is 3.03. The number of carbonyl (C=O) groups is 1. The molecule has 1 aromatic rings. The van der Waals surface area contributed by atoms with Gasteiger partial charge in [-0.3, -0.25) is 4.79 Å². The van der Waals surface area contributed by atoms with E-state index < -0.39 is 5.97 Å². The average Bonchev–Trinajstić information content (AvgIpc) is 2.68. The van der Waals surface area contributed by atoms with Gasteiger partial charge in [0, 0.05) is 0 Å². The van der Waals surface area contributed by atoms with E-state index in [1.54, 1.807) is 18.2 Å². The molecule has 0 aliphatic carbocycles. The van der Waals surface area contributed by atoms with E-state index in [1.807, 2.05) is 0 Å². The molecule has 5 heteroatoms. The summed E-state index contributed by atoms with van der Waals surface area (Å²) in [6, 6.07) is 6.03. The van der Waals surface area contributed by atoms with Crippen molar-refractivity contribution in [2.45, 2.75) is 18.9 Å². The molecule has 2 rings (SSSR count). The van der Waals surface area contributed by atoms with Crippen LogP contribution in [0.2, 0.25) is 0 Å². The maximum absolute atomic E-state index is 13.3. The number of hydrogen-bond acceptors (Lipinski definition) is 3. The highest BCUT2D eigenvalue weighted by Crippen LogP contribution is 2.14. The van der Waals surface area contributed by atoms with Gasteiger partial charge in [0.1, 0.15) is 12.4 Å². The summed E-state index contributed by atoms with van der Waals surface area (Å²) in [6.07, 6.45) is 0.212. The van der Waals surface area contributed by atoms with E-state index in [0.29, 0.717) is 11.5 Å². The number of rotatable bonds is 4. The lowest BCUT2D eigenvalue weighted by Gasteiger charge is -2.02. The monoisotopic (exact) mass is 237 g/mol. The molecule has 90 valence electrons. The minimum absolute atomic E-state index is 0.0548. The Bertz CT molecular complexity index is 459. The summed E-state index contributed by atoms with van der Waals surface area (Å²) in [5, 5.41) is 8.61. The third-order valence-electron chi connectivity index (χ3n) is 2.48. The zero-order valence-corrected chi connectivity index (χ0v) is 9.10. The molecule has 1 unspecified atom stereocenters. The molecule has 17 heavy (non-hydrogen) atoms. The molecule has 4 nitrogen and oxygen atoms in total. The van der Waals surface area contributed by atoms with Crippen LogP contribution in [0, 0.1) is 5.82 Å². The fourth-order valence-corrected chi connectivity index (χ4v) is 1.68. The molecule has 0 radical (unpaired) electrons. The Balaban J connectivity index is 2.01. The molecule has 0 spiro atoms. The number of nitrogens with zero attached hydrogens (tertiary/aromatic N) is 1. The molecule has 1 N–H and O–H groups in total. The van der Waals surface area contributed by atoms with Crippen molar-refractivity contribution in [1.82, 2.24) is 0 Å². The first-order chi connectivity index (χ1) is 8.15. The fourth-order valence-electron chi connectivity index (χ4n) is 1.68. The quantitative estimate of drug-likeness (QED) is 0.866. The second-order valence-corrected chi connectivity index (χ2v) is 3.85. The van der Waals surface area contributed by atoms with Crippen LogP contribution >= 0.6 is 0 Å². The van der Waals surface area contributed by atoms with Crippen LogP contribution in [0.4, 0.5) is 4.39 Å². The standard InChI is InChI=1S/C12H12FNO3/c13-10-4-2-1-3-8(10)5-11-14-9(7-17-11)6-12(15)16/h1-4,9H,5-7H2,(H,15,16). The molecule has 0 amide bonds. The highest BCUT2D eigenvalue weighted by Gasteiger charge is 2.21. The number of carboxylic acids is 1. The van der Waals surface area contributed by atoms with Crippen LogP contribution < -0.4 is 0 Å². The largest absolute Gasteiger partial charge is 0.481 e. The van der Waals surface area contributed by atoms with Gasteiger partial charge in [0.05, 0.1) is 18.9 Å². The van der Waals surface area contributed by atoms with Gasteiger partial charge in [-0.25, -0.2) is 9.38 Å². The van der Waals surface area contributed by atoms with Crippen molar-refractivity contribution in [3.63, 3.8) is 0 Å². The highest BCUT2D eigenvalue weighted by molar-refractivity contribution is 5.81. The summed E-state index contributed by atoms with van der Waals surface area (Å²) < 4.78 is 18.6. The first-order valence-corrected chi connectivity index (χ1v) is 5.30. The van der Waals surface area contributed by atoms with Gasteiger partial charge < -0.3 is 9.84 Å². The zero-order chi connectivity index (χ0) is 12.3. The molecule has 0 bridgehead atoms. The molecular formula is C12H12FNO3. The van der Waals surface area contributed by atoms with E-state index in [-0.39, 0.29) is 31.3 Å². The van der Waals surface area contributed by atoms with Crippen LogP contribution in [-0.4, -0.2) is 29.6 Å². The lowest BCUT2D eigenvalue weighted by molar-refractivity contribution is -0.137. The first kappa shape index (κ1) is 11.6. The predicted octanol–water partition coefficient (Wildman–Crippen LogP) is 1.64. The second kappa shape index (κ2) is 4.95. The number of halogens is 1. The number of benzene rings is 1. The highest BCUT2D eigenvalue weighted by atomic mass is 19.1. The van der Waals surface area contributed by atoms with E-state index in [4.69, 9.17) is 9.84 Å². The first-order valence-electron chi connectivity index (χ1n) is 5.30. The van der Waals surface area contributed by atoms with Crippen molar-refractivity contribution in [3.05, 3.63) is 35.6 Å². The van der Waals surface area contributed by atoms with E-state index in [9.17, 15) is 9.18 Å². The maximum atomic E-state index is 13.3. The van der Waals surface area contributed by atoms with Gasteiger partial charge in [-0.15, -0.1) is 0 Å². The zero-order valence-electron chi connectivity index (χ0n) is 9.10. The third-order valence-corrected chi connectivity index (χ3v) is 2.48. The fraction of sp³-hybridized carbons (Fsp3) is 0.333. The summed E-state index contributed by atoms with van der Waals surface area (Å²) in [5.41, 5.74) is 0.502.